The zero-order chi connectivity index (χ0) is 20.5. The van der Waals surface area contributed by atoms with E-state index in [1.807, 2.05) is 41.3 Å². The van der Waals surface area contributed by atoms with Crippen LogP contribution < -0.4 is 4.90 Å². The number of aromatic nitrogens is 2. The third kappa shape index (κ3) is 3.63. The highest BCUT2D eigenvalue weighted by Crippen LogP contribution is 2.34. The number of amides is 1. The van der Waals surface area contributed by atoms with Gasteiger partial charge in [0.05, 0.1) is 6.54 Å². The quantitative estimate of drug-likeness (QED) is 0.662. The van der Waals surface area contributed by atoms with Crippen molar-refractivity contribution in [3.63, 3.8) is 0 Å². The molecule has 1 fully saturated rings. The molecule has 0 spiro atoms. The van der Waals surface area contributed by atoms with E-state index in [0.29, 0.717) is 18.3 Å². The molecule has 30 heavy (non-hydrogen) atoms. The molecule has 154 valence electrons. The minimum Gasteiger partial charge on any atom is -0.338 e. The summed E-state index contributed by atoms with van der Waals surface area (Å²) in [7, 11) is 0. The highest BCUT2D eigenvalue weighted by atomic mass is 16.5. The van der Waals surface area contributed by atoms with Crippen molar-refractivity contribution in [2.45, 2.75) is 38.8 Å². The molecule has 2 aromatic carbocycles. The molecule has 0 bridgehead atoms. The van der Waals surface area contributed by atoms with Crippen LogP contribution in [0.4, 0.5) is 5.69 Å². The Labute approximate surface area is 176 Å². The van der Waals surface area contributed by atoms with Gasteiger partial charge in [-0.25, -0.2) is 0 Å². The standard InChI is InChI=1S/C24H26N4O2/c1-17-15-20-9-5-6-10-21(20)28(17)24(29)19-11-13-27(14-12-19)16-22-25-23(26-30-22)18-7-3-2-4-8-18/h2-10,17,19H,11-16H2,1H3. The monoisotopic (exact) mass is 402 g/mol. The van der Waals surface area contributed by atoms with Crippen molar-refractivity contribution < 1.29 is 9.32 Å². The van der Waals surface area contributed by atoms with Crippen LogP contribution in [0.25, 0.3) is 11.4 Å². The number of anilines is 1. The summed E-state index contributed by atoms with van der Waals surface area (Å²) in [6.07, 6.45) is 2.68. The van der Waals surface area contributed by atoms with E-state index in [-0.39, 0.29) is 17.9 Å². The van der Waals surface area contributed by atoms with Crippen LogP contribution in [0.5, 0.6) is 0 Å². The van der Waals surface area contributed by atoms with Gasteiger partial charge in [-0.1, -0.05) is 53.7 Å². The van der Waals surface area contributed by atoms with Crippen molar-refractivity contribution in [2.24, 2.45) is 5.92 Å². The van der Waals surface area contributed by atoms with E-state index in [4.69, 9.17) is 4.52 Å². The van der Waals surface area contributed by atoms with Crippen LogP contribution in [0, 0.1) is 5.92 Å². The van der Waals surface area contributed by atoms with Crippen molar-refractivity contribution in [1.82, 2.24) is 15.0 Å². The Morgan fingerprint density at radius 1 is 1.07 bits per heavy atom. The normalized spacial score (nSPS) is 19.8. The maximum Gasteiger partial charge on any atom is 0.241 e. The Bertz CT molecular complexity index is 1020. The molecule has 5 rings (SSSR count). The van der Waals surface area contributed by atoms with E-state index in [1.54, 1.807) is 0 Å². The lowest BCUT2D eigenvalue weighted by molar-refractivity contribution is -0.124. The molecule has 3 heterocycles. The topological polar surface area (TPSA) is 62.5 Å². The van der Waals surface area contributed by atoms with Gasteiger partial charge in [-0.15, -0.1) is 0 Å². The molecule has 1 amide bonds. The van der Waals surface area contributed by atoms with Crippen LogP contribution in [0.2, 0.25) is 0 Å². The van der Waals surface area contributed by atoms with Crippen molar-refractivity contribution in [3.8, 4) is 11.4 Å². The third-order valence-corrected chi connectivity index (χ3v) is 6.24. The molecule has 3 aromatic rings. The minimum atomic E-state index is 0.0809. The fraction of sp³-hybridized carbons (Fsp3) is 0.375. The van der Waals surface area contributed by atoms with Gasteiger partial charge in [0.25, 0.3) is 0 Å². The zero-order valence-corrected chi connectivity index (χ0v) is 17.2. The van der Waals surface area contributed by atoms with Gasteiger partial charge in [-0.05, 0) is 50.9 Å². The van der Waals surface area contributed by atoms with Gasteiger partial charge < -0.3 is 9.42 Å². The molecular weight excluding hydrogens is 376 g/mol. The third-order valence-electron chi connectivity index (χ3n) is 6.24. The number of benzene rings is 2. The summed E-state index contributed by atoms with van der Waals surface area (Å²) in [5, 5.41) is 4.10. The maximum atomic E-state index is 13.3. The predicted octanol–water partition coefficient (Wildman–Crippen LogP) is 3.93. The van der Waals surface area contributed by atoms with Crippen LogP contribution >= 0.6 is 0 Å². The lowest BCUT2D eigenvalue weighted by atomic mass is 9.95. The number of piperidine rings is 1. The van der Waals surface area contributed by atoms with E-state index in [2.05, 4.69) is 40.2 Å². The molecule has 0 radical (unpaired) electrons. The van der Waals surface area contributed by atoms with E-state index >= 15 is 0 Å². The Kier molecular flexibility index (Phi) is 5.09. The molecule has 6 nitrogen and oxygen atoms in total. The van der Waals surface area contributed by atoms with E-state index in [9.17, 15) is 4.79 Å². The van der Waals surface area contributed by atoms with Crippen molar-refractivity contribution in [3.05, 3.63) is 66.1 Å². The fourth-order valence-corrected chi connectivity index (χ4v) is 4.65. The largest absolute Gasteiger partial charge is 0.338 e. The van der Waals surface area contributed by atoms with Gasteiger partial charge in [-0.3, -0.25) is 9.69 Å². The molecule has 1 atom stereocenters. The van der Waals surface area contributed by atoms with Crippen molar-refractivity contribution in [2.75, 3.05) is 18.0 Å². The van der Waals surface area contributed by atoms with Crippen LogP contribution in [0.15, 0.2) is 59.1 Å². The molecule has 0 saturated carbocycles. The first kappa shape index (κ1) is 19.0. The van der Waals surface area contributed by atoms with Crippen molar-refractivity contribution >= 4 is 11.6 Å². The lowest BCUT2D eigenvalue weighted by Crippen LogP contribution is -2.44. The fourth-order valence-electron chi connectivity index (χ4n) is 4.65. The van der Waals surface area contributed by atoms with Crippen LogP contribution in [0.3, 0.4) is 0 Å². The van der Waals surface area contributed by atoms with Gasteiger partial charge in [0.1, 0.15) is 0 Å². The molecule has 1 unspecified atom stereocenters. The number of hydrogen-bond acceptors (Lipinski definition) is 5. The first-order chi connectivity index (χ1) is 14.7. The highest BCUT2D eigenvalue weighted by Gasteiger charge is 2.36. The van der Waals surface area contributed by atoms with E-state index in [1.165, 1.54) is 5.56 Å². The molecule has 2 aliphatic heterocycles. The van der Waals surface area contributed by atoms with Crippen LogP contribution in [-0.4, -0.2) is 40.1 Å². The van der Waals surface area contributed by atoms with Crippen molar-refractivity contribution in [1.29, 1.82) is 0 Å². The number of hydrogen-bond donors (Lipinski definition) is 0. The summed E-state index contributed by atoms with van der Waals surface area (Å²) in [4.78, 5) is 22.1. The summed E-state index contributed by atoms with van der Waals surface area (Å²) >= 11 is 0. The number of nitrogens with zero attached hydrogens (tertiary/aromatic N) is 4. The molecule has 6 heteroatoms. The second-order valence-corrected chi connectivity index (χ2v) is 8.32. The van der Waals surface area contributed by atoms with Crippen LogP contribution in [-0.2, 0) is 17.8 Å². The smallest absolute Gasteiger partial charge is 0.241 e. The summed E-state index contributed by atoms with van der Waals surface area (Å²) in [5.41, 5.74) is 3.33. The second-order valence-electron chi connectivity index (χ2n) is 8.32. The summed E-state index contributed by atoms with van der Waals surface area (Å²) in [6, 6.07) is 18.4. The first-order valence-electron chi connectivity index (χ1n) is 10.7. The number of fused-ring (bicyclic) bond motifs is 1. The maximum absolute atomic E-state index is 13.3. The number of para-hydroxylation sites is 1. The molecule has 0 N–H and O–H groups in total. The lowest BCUT2D eigenvalue weighted by Gasteiger charge is -2.34. The van der Waals surface area contributed by atoms with Gasteiger partial charge in [-0.2, -0.15) is 4.98 Å². The Morgan fingerprint density at radius 2 is 1.80 bits per heavy atom. The Balaban J connectivity index is 1.19. The zero-order valence-electron chi connectivity index (χ0n) is 17.2. The van der Waals surface area contributed by atoms with Crippen LogP contribution in [0.1, 0.15) is 31.2 Å². The highest BCUT2D eigenvalue weighted by molar-refractivity contribution is 5.97. The number of likely N-dealkylation sites (tertiary alicyclic amines) is 1. The minimum absolute atomic E-state index is 0.0809. The predicted molar refractivity (Wildman–Crippen MR) is 115 cm³/mol. The molecule has 1 saturated heterocycles. The van der Waals surface area contributed by atoms with Gasteiger partial charge in [0, 0.05) is 23.2 Å². The molecule has 2 aliphatic rings. The Morgan fingerprint density at radius 3 is 2.60 bits per heavy atom. The number of rotatable bonds is 4. The van der Waals surface area contributed by atoms with E-state index in [0.717, 1.165) is 43.6 Å². The summed E-state index contributed by atoms with van der Waals surface area (Å²) < 4.78 is 5.45. The Hall–Kier alpha value is -2.99. The number of carbonyl (C=O) groups is 1. The molecule has 0 aliphatic carbocycles. The second kappa shape index (κ2) is 8.03. The van der Waals surface area contributed by atoms with Gasteiger partial charge >= 0.3 is 0 Å². The molecule has 1 aromatic heterocycles. The SMILES string of the molecule is CC1Cc2ccccc2N1C(=O)C1CCN(Cc2nc(-c3ccccc3)no2)CC1. The first-order valence-corrected chi connectivity index (χ1v) is 10.7. The van der Waals surface area contributed by atoms with Gasteiger partial charge in [0.2, 0.25) is 17.6 Å². The molecular formula is C24H26N4O2. The summed E-state index contributed by atoms with van der Waals surface area (Å²) in [5.74, 6) is 1.60. The average molecular weight is 402 g/mol. The summed E-state index contributed by atoms with van der Waals surface area (Å²) in [6.45, 7) is 4.50. The average Bonchev–Trinajstić information content (AvgIpc) is 3.38. The van der Waals surface area contributed by atoms with E-state index < -0.39 is 0 Å². The van der Waals surface area contributed by atoms with Gasteiger partial charge in [0.15, 0.2) is 0 Å². The number of carbonyl (C=O) groups excluding carboxylic acids is 1.